The van der Waals surface area contributed by atoms with Gasteiger partial charge in [-0.2, -0.15) is 0 Å². The maximum absolute atomic E-state index is 12.5. The molecule has 1 atom stereocenters. The number of carbonyl (C=O) groups is 3. The van der Waals surface area contributed by atoms with Gasteiger partial charge in [0.1, 0.15) is 0 Å². The number of hydrogen-bond donors (Lipinski definition) is 1. The first-order valence-corrected chi connectivity index (χ1v) is 8.34. The summed E-state index contributed by atoms with van der Waals surface area (Å²) in [6.45, 7) is 2.34. The van der Waals surface area contributed by atoms with Crippen LogP contribution in [0.2, 0.25) is 0 Å². The molecule has 134 valence electrons. The highest BCUT2D eigenvalue weighted by atomic mass is 16.5. The second-order valence-corrected chi connectivity index (χ2v) is 6.30. The van der Waals surface area contributed by atoms with Gasteiger partial charge in [0.15, 0.2) is 0 Å². The Morgan fingerprint density at radius 1 is 1.08 bits per heavy atom. The molecule has 6 nitrogen and oxygen atoms in total. The van der Waals surface area contributed by atoms with E-state index in [0.717, 1.165) is 11.3 Å². The Morgan fingerprint density at radius 2 is 1.73 bits per heavy atom. The minimum Gasteiger partial charge on any atom is -0.465 e. The molecule has 0 bridgehead atoms. The fourth-order valence-electron chi connectivity index (χ4n) is 2.91. The van der Waals surface area contributed by atoms with Crippen molar-refractivity contribution in [3.63, 3.8) is 0 Å². The Kier molecular flexibility index (Phi) is 5.02. The van der Waals surface area contributed by atoms with Crippen LogP contribution in [0, 0.1) is 12.8 Å². The van der Waals surface area contributed by atoms with Crippen LogP contribution in [-0.4, -0.2) is 31.4 Å². The van der Waals surface area contributed by atoms with E-state index in [-0.39, 0.29) is 18.2 Å². The van der Waals surface area contributed by atoms with E-state index >= 15 is 0 Å². The number of nitrogens with zero attached hydrogens (tertiary/aromatic N) is 1. The van der Waals surface area contributed by atoms with Crippen LogP contribution in [0.25, 0.3) is 0 Å². The Morgan fingerprint density at radius 3 is 2.35 bits per heavy atom. The summed E-state index contributed by atoms with van der Waals surface area (Å²) in [5.74, 6) is -1.11. The topological polar surface area (TPSA) is 75.7 Å². The standard InChI is InChI=1S/C20H20N2O4/c1-13-3-9-17(10-4-13)22-12-15(11-18(22)23)19(24)21-16-7-5-14(6-8-16)20(25)26-2/h3-10,15H,11-12H2,1-2H3,(H,21,24)/t15-/m1/s1. The average Bonchev–Trinajstić information content (AvgIpc) is 3.04. The number of esters is 1. The van der Waals surface area contributed by atoms with Crippen LogP contribution in [0.1, 0.15) is 22.3 Å². The van der Waals surface area contributed by atoms with E-state index in [4.69, 9.17) is 0 Å². The van der Waals surface area contributed by atoms with Crippen molar-refractivity contribution in [1.82, 2.24) is 0 Å². The summed E-state index contributed by atoms with van der Waals surface area (Å²) in [7, 11) is 1.31. The largest absolute Gasteiger partial charge is 0.465 e. The van der Waals surface area contributed by atoms with E-state index in [2.05, 4.69) is 10.1 Å². The van der Waals surface area contributed by atoms with Crippen LogP contribution in [-0.2, 0) is 14.3 Å². The maximum Gasteiger partial charge on any atom is 0.337 e. The average molecular weight is 352 g/mol. The second kappa shape index (κ2) is 7.39. The number of aryl methyl sites for hydroxylation is 1. The zero-order valence-corrected chi connectivity index (χ0v) is 14.7. The van der Waals surface area contributed by atoms with Crippen molar-refractivity contribution in [3.8, 4) is 0 Å². The lowest BCUT2D eigenvalue weighted by Crippen LogP contribution is -2.28. The normalized spacial score (nSPS) is 16.5. The van der Waals surface area contributed by atoms with Crippen LogP contribution in [0.3, 0.4) is 0 Å². The van der Waals surface area contributed by atoms with Gasteiger partial charge in [-0.15, -0.1) is 0 Å². The van der Waals surface area contributed by atoms with Gasteiger partial charge in [-0.25, -0.2) is 4.79 Å². The van der Waals surface area contributed by atoms with Crippen LogP contribution in [0.5, 0.6) is 0 Å². The van der Waals surface area contributed by atoms with E-state index in [1.165, 1.54) is 7.11 Å². The van der Waals surface area contributed by atoms with Gasteiger partial charge in [0.05, 0.1) is 18.6 Å². The lowest BCUT2D eigenvalue weighted by atomic mass is 10.1. The van der Waals surface area contributed by atoms with Crippen molar-refractivity contribution in [1.29, 1.82) is 0 Å². The van der Waals surface area contributed by atoms with Gasteiger partial charge in [0.2, 0.25) is 11.8 Å². The molecule has 2 amide bonds. The first kappa shape index (κ1) is 17.7. The summed E-state index contributed by atoms with van der Waals surface area (Å²) >= 11 is 0. The number of ether oxygens (including phenoxy) is 1. The van der Waals surface area contributed by atoms with Crippen molar-refractivity contribution in [2.75, 3.05) is 23.9 Å². The molecule has 26 heavy (non-hydrogen) atoms. The minimum atomic E-state index is -0.432. The van der Waals surface area contributed by atoms with Gasteiger partial charge in [0.25, 0.3) is 0 Å². The Hall–Kier alpha value is -3.15. The number of nitrogens with one attached hydrogen (secondary N) is 1. The molecule has 0 aliphatic carbocycles. The highest BCUT2D eigenvalue weighted by molar-refractivity contribution is 6.03. The molecule has 0 unspecified atom stereocenters. The number of methoxy groups -OCH3 is 1. The summed E-state index contributed by atoms with van der Waals surface area (Å²) in [5, 5.41) is 2.80. The van der Waals surface area contributed by atoms with Crippen molar-refractivity contribution < 1.29 is 19.1 Å². The quantitative estimate of drug-likeness (QED) is 0.859. The highest BCUT2D eigenvalue weighted by Crippen LogP contribution is 2.26. The summed E-state index contributed by atoms with van der Waals surface area (Å²) in [5.41, 5.74) is 2.90. The van der Waals surface area contributed by atoms with Gasteiger partial charge in [0, 0.05) is 24.3 Å². The van der Waals surface area contributed by atoms with Gasteiger partial charge in [-0.05, 0) is 43.3 Å². The molecule has 0 radical (unpaired) electrons. The smallest absolute Gasteiger partial charge is 0.337 e. The Bertz CT molecular complexity index is 828. The monoisotopic (exact) mass is 352 g/mol. The van der Waals surface area contributed by atoms with E-state index < -0.39 is 11.9 Å². The number of carbonyl (C=O) groups excluding carboxylic acids is 3. The first-order chi connectivity index (χ1) is 12.5. The Balaban J connectivity index is 1.64. The molecule has 1 heterocycles. The predicted molar refractivity (Wildman–Crippen MR) is 98.1 cm³/mol. The molecular weight excluding hydrogens is 332 g/mol. The maximum atomic E-state index is 12.5. The van der Waals surface area contributed by atoms with E-state index in [1.54, 1.807) is 29.2 Å². The molecular formula is C20H20N2O4. The molecule has 1 aliphatic heterocycles. The molecule has 0 spiro atoms. The minimum absolute atomic E-state index is 0.0601. The number of rotatable bonds is 4. The fourth-order valence-corrected chi connectivity index (χ4v) is 2.91. The third kappa shape index (κ3) is 3.74. The Labute approximate surface area is 151 Å². The molecule has 0 aromatic heterocycles. The third-order valence-electron chi connectivity index (χ3n) is 4.42. The molecule has 1 fully saturated rings. The molecule has 6 heteroatoms. The highest BCUT2D eigenvalue weighted by Gasteiger charge is 2.35. The van der Waals surface area contributed by atoms with Crippen molar-refractivity contribution in [2.45, 2.75) is 13.3 Å². The molecule has 1 N–H and O–H groups in total. The van der Waals surface area contributed by atoms with Crippen LogP contribution in [0.15, 0.2) is 48.5 Å². The molecule has 1 saturated heterocycles. The number of anilines is 2. The molecule has 0 saturated carbocycles. The second-order valence-electron chi connectivity index (χ2n) is 6.30. The van der Waals surface area contributed by atoms with E-state index in [9.17, 15) is 14.4 Å². The van der Waals surface area contributed by atoms with Gasteiger partial charge >= 0.3 is 5.97 Å². The first-order valence-electron chi connectivity index (χ1n) is 8.34. The van der Waals surface area contributed by atoms with Crippen LogP contribution < -0.4 is 10.2 Å². The van der Waals surface area contributed by atoms with Gasteiger partial charge < -0.3 is 15.0 Å². The van der Waals surface area contributed by atoms with Crippen LogP contribution >= 0.6 is 0 Å². The third-order valence-corrected chi connectivity index (χ3v) is 4.42. The SMILES string of the molecule is COC(=O)c1ccc(NC(=O)[C@@H]2CC(=O)N(c3ccc(C)cc3)C2)cc1. The van der Waals surface area contributed by atoms with Crippen LogP contribution in [0.4, 0.5) is 11.4 Å². The number of amides is 2. The van der Waals surface area contributed by atoms with Crippen molar-refractivity contribution >= 4 is 29.2 Å². The van der Waals surface area contributed by atoms with Gasteiger partial charge in [-0.3, -0.25) is 9.59 Å². The molecule has 1 aliphatic rings. The summed E-state index contributed by atoms with van der Waals surface area (Å²) < 4.78 is 4.64. The van der Waals surface area contributed by atoms with E-state index in [1.807, 2.05) is 31.2 Å². The lowest BCUT2D eigenvalue weighted by molar-refractivity contribution is -0.122. The fraction of sp³-hybridized carbons (Fsp3) is 0.250. The zero-order valence-electron chi connectivity index (χ0n) is 14.7. The summed E-state index contributed by atoms with van der Waals surface area (Å²) in [6.07, 6.45) is 0.181. The summed E-state index contributed by atoms with van der Waals surface area (Å²) in [6, 6.07) is 14.1. The predicted octanol–water partition coefficient (Wildman–Crippen LogP) is 2.77. The molecule has 2 aromatic carbocycles. The van der Waals surface area contributed by atoms with E-state index in [0.29, 0.717) is 17.8 Å². The van der Waals surface area contributed by atoms with Crippen molar-refractivity contribution in [2.24, 2.45) is 5.92 Å². The van der Waals surface area contributed by atoms with Gasteiger partial charge in [-0.1, -0.05) is 17.7 Å². The summed E-state index contributed by atoms with van der Waals surface area (Å²) in [4.78, 5) is 37.8. The molecule has 3 rings (SSSR count). The molecule has 2 aromatic rings. The zero-order chi connectivity index (χ0) is 18.7. The lowest BCUT2D eigenvalue weighted by Gasteiger charge is -2.17. The van der Waals surface area contributed by atoms with Crippen molar-refractivity contribution in [3.05, 3.63) is 59.7 Å². The number of hydrogen-bond acceptors (Lipinski definition) is 4. The number of benzene rings is 2.